The van der Waals surface area contributed by atoms with E-state index >= 15 is 0 Å². The van der Waals surface area contributed by atoms with Crippen LogP contribution in [0, 0.1) is 0 Å². The van der Waals surface area contributed by atoms with Crippen LogP contribution in [-0.4, -0.2) is 30.1 Å². The van der Waals surface area contributed by atoms with Crippen molar-refractivity contribution in [1.82, 2.24) is 14.6 Å². The molecule has 0 spiro atoms. The first-order valence-corrected chi connectivity index (χ1v) is 9.85. The van der Waals surface area contributed by atoms with Crippen LogP contribution in [0.5, 0.6) is 5.75 Å². The Balaban J connectivity index is 0.00000210. The van der Waals surface area contributed by atoms with Crippen molar-refractivity contribution in [2.24, 2.45) is 0 Å². The van der Waals surface area contributed by atoms with Crippen LogP contribution in [0.25, 0.3) is 32.5 Å². The van der Waals surface area contributed by atoms with Crippen molar-refractivity contribution in [2.75, 3.05) is 7.11 Å². The predicted molar refractivity (Wildman–Crippen MR) is 99.8 cm³/mol. The Hall–Kier alpha value is -1.75. The molecule has 0 bridgehead atoms. The molecule has 0 amide bonds. The van der Waals surface area contributed by atoms with Gasteiger partial charge in [0.15, 0.2) is 0 Å². The van der Waals surface area contributed by atoms with Crippen LogP contribution in [0.4, 0.5) is 0 Å². The molecule has 4 rings (SSSR count). The van der Waals surface area contributed by atoms with E-state index in [0.29, 0.717) is 10.7 Å². The maximum atomic E-state index is 11.2. The second-order valence-corrected chi connectivity index (χ2v) is 8.14. The Kier molecular flexibility index (Phi) is 5.71. The Bertz CT molecular complexity index is 1170. The molecular formula is C17H13N4NaO3S2. The fraction of sp³-hybridized carbons (Fsp3) is 0.0588. The van der Waals surface area contributed by atoms with Gasteiger partial charge in [0, 0.05) is 5.56 Å². The third-order valence-corrected chi connectivity index (χ3v) is 6.01. The smallest absolute Gasteiger partial charge is 0.558 e. The summed E-state index contributed by atoms with van der Waals surface area (Å²) in [6.07, 6.45) is 1.65. The van der Waals surface area contributed by atoms with Crippen LogP contribution >= 0.6 is 11.3 Å². The average molecular weight is 408 g/mol. The van der Waals surface area contributed by atoms with Gasteiger partial charge >= 0.3 is 29.6 Å². The van der Waals surface area contributed by atoms with Gasteiger partial charge in [0.25, 0.3) is 0 Å². The zero-order valence-electron chi connectivity index (χ0n) is 14.6. The first-order valence-electron chi connectivity index (χ1n) is 7.55. The number of fused-ring (bicyclic) bond motifs is 1. The fourth-order valence-corrected chi connectivity index (χ4v) is 4.04. The number of hydrogen-bond donors (Lipinski definition) is 0. The quantitative estimate of drug-likeness (QED) is 0.467. The second-order valence-electron chi connectivity index (χ2n) is 5.53. The standard InChI is InChI=1S/C17H13N4O3S2.Na/c1-24-14-4-2-3-13(9-14)11-5-7-12(8-6-11)15-10-21-16(19-15)25-17(20-21)26(18,22)23;/h2-10H,1H3,(H-,18,22,23);/q-1;+1. The van der Waals surface area contributed by atoms with Gasteiger partial charge in [0.2, 0.25) is 9.30 Å². The molecule has 2 aromatic heterocycles. The predicted octanol–water partition coefficient (Wildman–Crippen LogP) is 0.878. The van der Waals surface area contributed by atoms with Crippen molar-refractivity contribution in [3.63, 3.8) is 0 Å². The summed E-state index contributed by atoms with van der Waals surface area (Å²) in [4.78, 5) is 4.83. The molecule has 132 valence electrons. The Morgan fingerprint density at radius 3 is 2.41 bits per heavy atom. The molecule has 4 aromatic rings. The maximum absolute atomic E-state index is 11.2. The van der Waals surface area contributed by atoms with Gasteiger partial charge in [-0.05, 0) is 23.3 Å². The topological polar surface area (TPSA) is 97.4 Å². The molecule has 0 fully saturated rings. The largest absolute Gasteiger partial charge is 1.00 e. The Morgan fingerprint density at radius 1 is 1.07 bits per heavy atom. The molecule has 0 saturated carbocycles. The SMILES string of the molecule is COc1cccc(-c2ccc(-c3cn4nc(S([NH-])(=O)=O)sc4n3)cc2)c1.[Na+]. The fourth-order valence-electron chi connectivity index (χ4n) is 2.57. The van der Waals surface area contributed by atoms with E-state index in [1.165, 1.54) is 4.52 Å². The first kappa shape index (κ1) is 20.0. The molecule has 1 N–H and O–H groups in total. The third-order valence-electron chi connectivity index (χ3n) is 3.84. The monoisotopic (exact) mass is 408 g/mol. The van der Waals surface area contributed by atoms with Crippen molar-refractivity contribution in [3.8, 4) is 28.1 Å². The van der Waals surface area contributed by atoms with Gasteiger partial charge in [0.05, 0.1) is 19.0 Å². The average Bonchev–Trinajstić information content (AvgIpc) is 3.21. The Morgan fingerprint density at radius 2 is 1.78 bits per heavy atom. The van der Waals surface area contributed by atoms with Crippen LogP contribution in [-0.2, 0) is 10.0 Å². The number of sulfonamides is 1. The third kappa shape index (κ3) is 4.08. The number of ether oxygens (including phenoxy) is 1. The molecule has 27 heavy (non-hydrogen) atoms. The number of imidazole rings is 1. The summed E-state index contributed by atoms with van der Waals surface area (Å²) in [7, 11) is -2.43. The van der Waals surface area contributed by atoms with E-state index in [1.54, 1.807) is 13.3 Å². The number of aromatic nitrogens is 3. The number of nitrogens with one attached hydrogen (secondary N) is 1. The molecule has 0 saturated heterocycles. The van der Waals surface area contributed by atoms with Crippen LogP contribution in [0.3, 0.4) is 0 Å². The van der Waals surface area contributed by atoms with Crippen molar-refractivity contribution < 1.29 is 42.7 Å². The summed E-state index contributed by atoms with van der Waals surface area (Å²) in [5, 5.41) is 11.0. The summed E-state index contributed by atoms with van der Waals surface area (Å²) in [5.41, 5.74) is 3.68. The first-order chi connectivity index (χ1) is 12.4. The number of nitrogens with zero attached hydrogens (tertiary/aromatic N) is 3. The molecule has 0 unspecified atom stereocenters. The van der Waals surface area contributed by atoms with E-state index < -0.39 is 10.0 Å². The molecule has 0 aliphatic rings. The molecule has 10 heteroatoms. The van der Waals surface area contributed by atoms with Gasteiger partial charge in [-0.1, -0.05) is 47.7 Å². The molecule has 0 aliphatic carbocycles. The molecule has 0 aliphatic heterocycles. The zero-order valence-corrected chi connectivity index (χ0v) is 18.2. The number of methoxy groups -OCH3 is 1. The van der Waals surface area contributed by atoms with E-state index in [-0.39, 0.29) is 33.9 Å². The number of hydrogen-bond acceptors (Lipinski definition) is 6. The zero-order chi connectivity index (χ0) is 18.3. The maximum Gasteiger partial charge on any atom is 1.00 e. The van der Waals surface area contributed by atoms with Gasteiger partial charge in [-0.15, -0.1) is 5.10 Å². The number of rotatable bonds is 4. The molecule has 0 atom stereocenters. The molecule has 7 nitrogen and oxygen atoms in total. The van der Waals surface area contributed by atoms with Gasteiger partial charge in [-0.2, -0.15) is 0 Å². The minimum absolute atomic E-state index is 0. The minimum Gasteiger partial charge on any atom is -0.558 e. The Labute approximate surface area is 182 Å². The number of benzene rings is 2. The van der Waals surface area contributed by atoms with Crippen molar-refractivity contribution >= 4 is 26.3 Å². The van der Waals surface area contributed by atoms with Crippen LogP contribution in [0.2, 0.25) is 0 Å². The van der Waals surface area contributed by atoms with E-state index in [1.807, 2.05) is 48.5 Å². The van der Waals surface area contributed by atoms with Crippen LogP contribution in [0.1, 0.15) is 0 Å². The second kappa shape index (κ2) is 7.70. The van der Waals surface area contributed by atoms with Crippen LogP contribution < -0.4 is 34.3 Å². The van der Waals surface area contributed by atoms with Gasteiger partial charge in [-0.3, -0.25) is 0 Å². The van der Waals surface area contributed by atoms with Gasteiger partial charge in [-0.25, -0.2) is 17.9 Å². The summed E-state index contributed by atoms with van der Waals surface area (Å²) >= 11 is 0.875. The van der Waals surface area contributed by atoms with E-state index in [0.717, 1.165) is 33.8 Å². The summed E-state index contributed by atoms with van der Waals surface area (Å²) in [6.45, 7) is 0. The van der Waals surface area contributed by atoms with E-state index in [9.17, 15) is 8.42 Å². The van der Waals surface area contributed by atoms with Crippen molar-refractivity contribution in [1.29, 1.82) is 0 Å². The van der Waals surface area contributed by atoms with Gasteiger partial charge in [0.1, 0.15) is 15.8 Å². The summed E-state index contributed by atoms with van der Waals surface area (Å²) < 4.78 is 28.9. The van der Waals surface area contributed by atoms with E-state index in [2.05, 4.69) is 10.1 Å². The molecular weight excluding hydrogens is 395 g/mol. The van der Waals surface area contributed by atoms with Crippen molar-refractivity contribution in [2.45, 2.75) is 4.34 Å². The van der Waals surface area contributed by atoms with Gasteiger partial charge < -0.3 is 9.88 Å². The van der Waals surface area contributed by atoms with Crippen molar-refractivity contribution in [3.05, 3.63) is 59.9 Å². The molecule has 2 heterocycles. The molecule has 0 radical (unpaired) electrons. The normalized spacial score (nSPS) is 11.3. The summed E-state index contributed by atoms with van der Waals surface area (Å²) in [6, 6.07) is 15.7. The van der Waals surface area contributed by atoms with Crippen LogP contribution in [0.15, 0.2) is 59.1 Å². The van der Waals surface area contributed by atoms with E-state index in [4.69, 9.17) is 9.88 Å². The minimum atomic E-state index is -4.07. The molecule has 2 aromatic carbocycles. The summed E-state index contributed by atoms with van der Waals surface area (Å²) in [5.74, 6) is 0.798.